The number of hydrogen-bond donors (Lipinski definition) is 4. The maximum absolute atomic E-state index is 11.5. The van der Waals surface area contributed by atoms with Crippen LogP contribution in [-0.2, 0) is 4.79 Å². The minimum absolute atomic E-state index is 0.0494. The molecular weight excluding hydrogens is 392 g/mol. The molecule has 0 unspecified atom stereocenters. The summed E-state index contributed by atoms with van der Waals surface area (Å²) in [4.78, 5) is 28.8. The zero-order valence-corrected chi connectivity index (χ0v) is 17.5. The fourth-order valence-corrected chi connectivity index (χ4v) is 4.41. The zero-order chi connectivity index (χ0) is 21.2. The molecule has 162 valence electrons. The van der Waals surface area contributed by atoms with Gasteiger partial charge in [-0.05, 0) is 43.2 Å². The van der Waals surface area contributed by atoms with Gasteiger partial charge < -0.3 is 31.2 Å². The van der Waals surface area contributed by atoms with Crippen LogP contribution in [0.1, 0.15) is 12.8 Å². The highest BCUT2D eigenvalue weighted by Gasteiger charge is 2.25. The van der Waals surface area contributed by atoms with Gasteiger partial charge in [0.1, 0.15) is 11.5 Å². The first-order valence-electron chi connectivity index (χ1n) is 10.9. The molecule has 5 rings (SSSR count). The van der Waals surface area contributed by atoms with E-state index in [0.717, 1.165) is 74.6 Å². The van der Waals surface area contributed by atoms with Crippen LogP contribution in [0, 0.1) is 5.92 Å². The number of benzene rings is 1. The Morgan fingerprint density at radius 2 is 1.74 bits per heavy atom. The summed E-state index contributed by atoms with van der Waals surface area (Å²) < 4.78 is 0. The van der Waals surface area contributed by atoms with Crippen LogP contribution in [0.3, 0.4) is 0 Å². The fraction of sp³-hybridized carbons (Fsp3) is 0.409. The summed E-state index contributed by atoms with van der Waals surface area (Å²) in [5.74, 6) is 1.18. The summed E-state index contributed by atoms with van der Waals surface area (Å²) in [6.45, 7) is 5.59. The fourth-order valence-electron chi connectivity index (χ4n) is 4.41. The minimum atomic E-state index is -0.208. The van der Waals surface area contributed by atoms with E-state index in [1.165, 1.54) is 5.69 Å². The molecule has 2 aromatic heterocycles. The lowest BCUT2D eigenvalue weighted by Crippen LogP contribution is -2.43. The second kappa shape index (κ2) is 8.43. The largest absolute Gasteiger partial charge is 0.369 e. The minimum Gasteiger partial charge on any atom is -0.369 e. The molecule has 2 fully saturated rings. The van der Waals surface area contributed by atoms with Gasteiger partial charge in [0, 0.05) is 62.8 Å². The first-order valence-corrected chi connectivity index (χ1v) is 10.9. The number of carbonyl (C=O) groups is 1. The Labute approximate surface area is 181 Å². The van der Waals surface area contributed by atoms with Crippen LogP contribution in [0.2, 0.25) is 0 Å². The van der Waals surface area contributed by atoms with Crippen molar-refractivity contribution in [2.45, 2.75) is 12.8 Å². The molecule has 1 aromatic carbocycles. The number of piperidine rings is 1. The van der Waals surface area contributed by atoms with E-state index in [4.69, 9.17) is 10.7 Å². The van der Waals surface area contributed by atoms with Gasteiger partial charge in [-0.3, -0.25) is 4.79 Å². The summed E-state index contributed by atoms with van der Waals surface area (Å²) in [6.07, 6.45) is 3.38. The van der Waals surface area contributed by atoms with Crippen molar-refractivity contribution in [1.82, 2.24) is 20.3 Å². The number of fused-ring (bicyclic) bond motifs is 1. The van der Waals surface area contributed by atoms with Crippen molar-refractivity contribution in [3.8, 4) is 0 Å². The van der Waals surface area contributed by atoms with Crippen LogP contribution in [0.25, 0.3) is 11.0 Å². The molecule has 9 heteroatoms. The maximum Gasteiger partial charge on any atom is 0.231 e. The van der Waals surface area contributed by atoms with Gasteiger partial charge in [0.15, 0.2) is 0 Å². The average molecular weight is 421 g/mol. The second-order valence-electron chi connectivity index (χ2n) is 8.18. The highest BCUT2D eigenvalue weighted by molar-refractivity contribution is 5.89. The van der Waals surface area contributed by atoms with Gasteiger partial charge in [0.2, 0.25) is 11.9 Å². The number of nitrogens with two attached hydrogens (primary N) is 1. The topological polar surface area (TPSA) is 115 Å². The summed E-state index contributed by atoms with van der Waals surface area (Å²) >= 11 is 0. The molecule has 2 saturated heterocycles. The molecule has 4 heterocycles. The molecule has 0 radical (unpaired) electrons. The monoisotopic (exact) mass is 420 g/mol. The molecule has 0 spiro atoms. The number of aromatic amines is 1. The van der Waals surface area contributed by atoms with Crippen molar-refractivity contribution < 1.29 is 4.79 Å². The molecule has 31 heavy (non-hydrogen) atoms. The molecule has 0 bridgehead atoms. The molecule has 0 atom stereocenters. The van der Waals surface area contributed by atoms with Crippen LogP contribution in [-0.4, -0.2) is 60.1 Å². The summed E-state index contributed by atoms with van der Waals surface area (Å²) in [5, 5.41) is 7.71. The Kier molecular flexibility index (Phi) is 5.33. The van der Waals surface area contributed by atoms with E-state index in [1.54, 1.807) is 0 Å². The normalized spacial score (nSPS) is 17.8. The molecule has 0 saturated carbocycles. The van der Waals surface area contributed by atoms with E-state index in [9.17, 15) is 4.79 Å². The van der Waals surface area contributed by atoms with Gasteiger partial charge in [0.05, 0.1) is 5.39 Å². The molecule has 2 aliphatic heterocycles. The van der Waals surface area contributed by atoms with Gasteiger partial charge >= 0.3 is 0 Å². The zero-order valence-electron chi connectivity index (χ0n) is 17.5. The van der Waals surface area contributed by atoms with Crippen molar-refractivity contribution in [1.29, 1.82) is 0 Å². The van der Waals surface area contributed by atoms with E-state index in [1.807, 2.05) is 12.3 Å². The van der Waals surface area contributed by atoms with E-state index >= 15 is 0 Å². The number of piperazine rings is 1. The van der Waals surface area contributed by atoms with Gasteiger partial charge in [-0.2, -0.15) is 9.97 Å². The maximum atomic E-state index is 11.5. The number of hydrogen-bond acceptors (Lipinski definition) is 7. The summed E-state index contributed by atoms with van der Waals surface area (Å²) in [6, 6.07) is 10.4. The molecule has 0 aliphatic carbocycles. The lowest BCUT2D eigenvalue weighted by molar-refractivity contribution is -0.122. The number of H-pyrrole nitrogens is 1. The predicted molar refractivity (Wildman–Crippen MR) is 123 cm³/mol. The first kappa shape index (κ1) is 19.6. The smallest absolute Gasteiger partial charge is 0.231 e. The van der Waals surface area contributed by atoms with Crippen LogP contribution in [0.5, 0.6) is 0 Å². The molecule has 1 amide bonds. The standard InChI is InChI=1S/C22H28N8O/c23-19(31)15-6-11-30(12-7-15)21-18-5-8-25-20(18)27-22(28-21)26-16-1-3-17(4-2-16)29-13-9-24-10-14-29/h1-5,8,15,24H,6-7,9-14H2,(H2,23,31)(H2,25,26,27,28). The molecular formula is C22H28N8O. The first-order chi connectivity index (χ1) is 15.2. The Morgan fingerprint density at radius 3 is 2.45 bits per heavy atom. The van der Waals surface area contributed by atoms with Crippen molar-refractivity contribution in [3.63, 3.8) is 0 Å². The summed E-state index contributed by atoms with van der Waals surface area (Å²) in [7, 11) is 0. The van der Waals surface area contributed by atoms with Crippen LogP contribution in [0.15, 0.2) is 36.5 Å². The number of rotatable bonds is 5. The Bertz CT molecular complexity index is 1050. The van der Waals surface area contributed by atoms with E-state index in [2.05, 4.69) is 54.7 Å². The van der Waals surface area contributed by atoms with Crippen LogP contribution < -0.4 is 26.2 Å². The highest BCUT2D eigenvalue weighted by atomic mass is 16.1. The molecule has 5 N–H and O–H groups in total. The van der Waals surface area contributed by atoms with Gasteiger partial charge in [-0.15, -0.1) is 0 Å². The number of nitrogens with one attached hydrogen (secondary N) is 3. The average Bonchev–Trinajstić information content (AvgIpc) is 3.28. The highest BCUT2D eigenvalue weighted by Crippen LogP contribution is 2.30. The third kappa shape index (κ3) is 4.13. The lowest BCUT2D eigenvalue weighted by atomic mass is 9.96. The van der Waals surface area contributed by atoms with E-state index in [-0.39, 0.29) is 11.8 Å². The van der Waals surface area contributed by atoms with Gasteiger partial charge in [-0.1, -0.05) is 0 Å². The quantitative estimate of drug-likeness (QED) is 0.498. The lowest BCUT2D eigenvalue weighted by Gasteiger charge is -2.32. The van der Waals surface area contributed by atoms with Gasteiger partial charge in [0.25, 0.3) is 0 Å². The number of nitrogens with zero attached hydrogens (tertiary/aromatic N) is 4. The Morgan fingerprint density at radius 1 is 1.00 bits per heavy atom. The number of aromatic nitrogens is 3. The molecule has 3 aromatic rings. The van der Waals surface area contributed by atoms with Crippen molar-refractivity contribution in [2.24, 2.45) is 11.7 Å². The Hall–Kier alpha value is -3.33. The summed E-state index contributed by atoms with van der Waals surface area (Å²) in [5.41, 5.74) is 8.46. The van der Waals surface area contributed by atoms with Crippen LogP contribution in [0.4, 0.5) is 23.1 Å². The Balaban J connectivity index is 1.35. The second-order valence-corrected chi connectivity index (χ2v) is 8.18. The number of amides is 1. The number of primary amides is 1. The third-order valence-electron chi connectivity index (χ3n) is 6.20. The number of anilines is 4. The molecule has 2 aliphatic rings. The SMILES string of the molecule is NC(=O)C1CCN(c2nc(Nc3ccc(N4CCNCC4)cc3)nc3[nH]ccc23)CC1. The predicted octanol–water partition coefficient (Wildman–Crippen LogP) is 1.81. The van der Waals surface area contributed by atoms with Crippen molar-refractivity contribution in [2.75, 3.05) is 54.4 Å². The molecule has 9 nitrogen and oxygen atoms in total. The third-order valence-corrected chi connectivity index (χ3v) is 6.20. The van der Waals surface area contributed by atoms with Gasteiger partial charge in [-0.25, -0.2) is 0 Å². The van der Waals surface area contributed by atoms with Crippen LogP contribution >= 0.6 is 0 Å². The van der Waals surface area contributed by atoms with Crippen molar-refractivity contribution >= 4 is 40.1 Å². The number of carbonyl (C=O) groups excluding carboxylic acids is 1. The van der Waals surface area contributed by atoms with E-state index < -0.39 is 0 Å². The van der Waals surface area contributed by atoms with E-state index in [0.29, 0.717) is 5.95 Å². The van der Waals surface area contributed by atoms with Crippen molar-refractivity contribution in [3.05, 3.63) is 36.5 Å².